The Hall–Kier alpha value is -15.4. The zero-order valence-electron chi connectivity index (χ0n) is 55.1. The van der Waals surface area contributed by atoms with E-state index in [0.717, 1.165) is 0 Å². The first-order valence-corrected chi connectivity index (χ1v) is 31.0. The number of aliphatic hydroxyl groups excluding tert-OH is 2. The van der Waals surface area contributed by atoms with Crippen molar-refractivity contribution in [2.24, 2.45) is 0 Å². The molecule has 44 nitrogen and oxygen atoms in total. The van der Waals surface area contributed by atoms with Gasteiger partial charge in [-0.25, -0.2) is 38.4 Å². The number of phenolic OH excluding ortho intramolecular Hbond substituents is 23. The Labute approximate surface area is 617 Å². The number of aromatic hydroxyl groups is 23. The molecule has 112 heavy (non-hydrogen) atoms. The third-order valence-corrected chi connectivity index (χ3v) is 16.8. The van der Waals surface area contributed by atoms with Crippen LogP contribution in [0.2, 0.25) is 0 Å². The van der Waals surface area contributed by atoms with Crippen LogP contribution < -0.4 is 4.74 Å². The van der Waals surface area contributed by atoms with Gasteiger partial charge in [-0.3, -0.25) is 0 Å². The highest BCUT2D eigenvalue weighted by atomic mass is 16.8. The monoisotopic (exact) mass is 1570 g/mol. The lowest BCUT2D eigenvalue weighted by atomic mass is 9.91. The zero-order chi connectivity index (χ0) is 82.0. The molecule has 0 aromatic heterocycles. The first kappa shape index (κ1) is 77.7. The summed E-state index contributed by atoms with van der Waals surface area (Å²) in [5, 5.41) is 266. The SMILES string of the molecule is O=C(O[C@H]1O[C@H](CO)[C@@H](OC(=O)c2cc(O)c(O)c(O)c2)[C@H](O)[C@H]1OC(=O)c1cc(O)c(O)c(O)c1Oc1cc(C(=O)O[C@H]2O[C@@H]3COC(=O)c4cc(O)c(O)c(O)c4-c4c(cc(O)c(O)c4O)C(=O)O[C@H]([C@H]2OC(=O)c2cc(O)c(O)c(O)c2)[C@@H]3OC(=O)c2cc(O)c(O)c(O)c2)cc(O)c1O)c1cc(O)c(O)c(O)c1. The fraction of sp³-hybridized carbons (Fsp3) is 0.176. The van der Waals surface area contributed by atoms with Crippen molar-refractivity contribution in [3.8, 4) is 155 Å². The van der Waals surface area contributed by atoms with Crippen molar-refractivity contribution in [2.75, 3.05) is 13.2 Å². The maximum absolute atomic E-state index is 15.1. The molecule has 2 saturated heterocycles. The summed E-state index contributed by atoms with van der Waals surface area (Å²) in [5.41, 5.74) is -11.1. The van der Waals surface area contributed by atoms with E-state index in [1.807, 2.05) is 0 Å². The average molecular weight is 1570 g/mol. The van der Waals surface area contributed by atoms with E-state index in [1.54, 1.807) is 0 Å². The van der Waals surface area contributed by atoms with Crippen LogP contribution in [0.4, 0.5) is 0 Å². The minimum Gasteiger partial charge on any atom is -0.504 e. The highest BCUT2D eigenvalue weighted by Crippen LogP contribution is 2.55. The molecule has 0 aliphatic carbocycles. The van der Waals surface area contributed by atoms with Crippen molar-refractivity contribution in [1.29, 1.82) is 0 Å². The Morgan fingerprint density at radius 2 is 0.688 bits per heavy atom. The predicted molar refractivity (Wildman–Crippen MR) is 346 cm³/mol. The second-order valence-electron chi connectivity index (χ2n) is 23.9. The van der Waals surface area contributed by atoms with Crippen LogP contribution in [0.15, 0.2) is 78.9 Å². The summed E-state index contributed by atoms with van der Waals surface area (Å²) >= 11 is 0. The number of rotatable bonds is 15. The van der Waals surface area contributed by atoms with Gasteiger partial charge in [-0.15, -0.1) is 0 Å². The molecule has 0 radical (unpaired) electrons. The summed E-state index contributed by atoms with van der Waals surface area (Å²) < 4.78 is 61.4. The van der Waals surface area contributed by atoms with Gasteiger partial charge in [0.25, 0.3) is 0 Å². The summed E-state index contributed by atoms with van der Waals surface area (Å²) in [6.07, 6.45) is -26.2. The molecule has 3 aliphatic rings. The Morgan fingerprint density at radius 1 is 0.348 bits per heavy atom. The number of hydrogen-bond acceptors (Lipinski definition) is 44. The number of carbonyl (C=O) groups is 8. The second kappa shape index (κ2) is 29.7. The Bertz CT molecular complexity index is 5190. The van der Waals surface area contributed by atoms with Crippen molar-refractivity contribution in [2.45, 2.75) is 61.4 Å². The van der Waals surface area contributed by atoms with Crippen molar-refractivity contribution in [1.82, 2.24) is 0 Å². The van der Waals surface area contributed by atoms with E-state index in [9.17, 15) is 161 Å². The number of carbonyl (C=O) groups excluding carboxylic acids is 8. The number of ether oxygens (including phenoxy) is 11. The molecule has 2 bridgehead atoms. The van der Waals surface area contributed by atoms with E-state index in [1.165, 1.54) is 0 Å². The van der Waals surface area contributed by atoms with Gasteiger partial charge in [0, 0.05) is 17.2 Å². The number of fused-ring (bicyclic) bond motifs is 5. The van der Waals surface area contributed by atoms with E-state index in [4.69, 9.17) is 52.1 Å². The predicted octanol–water partition coefficient (Wildman–Crippen LogP) is 1.79. The largest absolute Gasteiger partial charge is 0.504 e. The van der Waals surface area contributed by atoms with Crippen molar-refractivity contribution in [3.63, 3.8) is 0 Å². The number of hydrogen-bond donors (Lipinski definition) is 25. The van der Waals surface area contributed by atoms with Crippen molar-refractivity contribution >= 4 is 47.8 Å². The van der Waals surface area contributed by atoms with Crippen molar-refractivity contribution in [3.05, 3.63) is 123 Å². The number of esters is 8. The third-order valence-electron chi connectivity index (χ3n) is 16.8. The molecule has 0 saturated carbocycles. The van der Waals surface area contributed by atoms with Gasteiger partial charge in [-0.1, -0.05) is 0 Å². The molecule has 8 aromatic carbocycles. The van der Waals surface area contributed by atoms with Gasteiger partial charge in [0.05, 0.1) is 45.6 Å². The lowest BCUT2D eigenvalue weighted by Gasteiger charge is -2.44. The highest BCUT2D eigenvalue weighted by Gasteiger charge is 2.56. The van der Waals surface area contributed by atoms with Crippen LogP contribution in [-0.4, -0.2) is 250 Å². The molecule has 11 rings (SSSR count). The first-order chi connectivity index (χ1) is 52.7. The quantitative estimate of drug-likeness (QED) is 0.0395. The van der Waals surface area contributed by atoms with E-state index < -0.39 is 322 Å². The van der Waals surface area contributed by atoms with Crippen LogP contribution >= 0.6 is 0 Å². The van der Waals surface area contributed by atoms with Gasteiger partial charge in [0.15, 0.2) is 139 Å². The molecule has 0 unspecified atom stereocenters. The Morgan fingerprint density at radius 3 is 1.12 bits per heavy atom. The smallest absolute Gasteiger partial charge is 0.342 e. The molecule has 3 aliphatic heterocycles. The summed E-state index contributed by atoms with van der Waals surface area (Å²) in [6.45, 7) is -2.83. The molecule has 0 amide bonds. The van der Waals surface area contributed by atoms with Gasteiger partial charge in [0.2, 0.25) is 47.4 Å². The maximum Gasteiger partial charge on any atom is 0.342 e. The summed E-state index contributed by atoms with van der Waals surface area (Å²) in [7, 11) is 0. The molecular formula is C68H52O44. The van der Waals surface area contributed by atoms with Gasteiger partial charge in [0.1, 0.15) is 30.5 Å². The number of cyclic esters (lactones) is 1. The van der Waals surface area contributed by atoms with Crippen LogP contribution in [0.5, 0.6) is 144 Å². The van der Waals surface area contributed by atoms with Gasteiger partial charge >= 0.3 is 47.8 Å². The molecule has 3 heterocycles. The number of phenols is 23. The minimum absolute atomic E-state index is 0.204. The standard InChI is InChI=1S/C68H52O44/c69-14-37-54(106-59(94)16-1-24(70)41(82)25(71)2-16)52(93)56(67(104-37)111-62(97)19-7-30(76)44(85)31(77)8-19)108-66(101)23-13-35(81)48(89)51(92)53(23)103-36-10-20(9-32(78)45(36)86)63(98)112-68-58(110-61(96)18-5-28(74)43(84)29(75)6-18)57-55(107-60(95)17-3-26(72)42(83)27(73)4-17)38(105-68)15-102-64(99)21-11-33(79)46(87)49(90)39(21)40-22(65(100)109-57)12-34(80)47(88)50(40)91/h1-13,37-38,52,54-58,67-93H,14-15H2/t37-,38-,52+,54-,55-,56-,57+,58-,67-,68-/m1/s1. The van der Waals surface area contributed by atoms with Crippen LogP contribution in [0, 0.1) is 0 Å². The fourth-order valence-corrected chi connectivity index (χ4v) is 11.2. The number of aliphatic hydroxyl groups is 2. The summed E-state index contributed by atoms with van der Waals surface area (Å²) in [5.74, 6) is -49.0. The molecule has 0 spiro atoms. The fourth-order valence-electron chi connectivity index (χ4n) is 11.2. The first-order valence-electron chi connectivity index (χ1n) is 31.0. The van der Waals surface area contributed by atoms with Crippen LogP contribution in [0.1, 0.15) is 82.9 Å². The zero-order valence-corrected chi connectivity index (χ0v) is 55.1. The summed E-state index contributed by atoms with van der Waals surface area (Å²) in [4.78, 5) is 115. The lowest BCUT2D eigenvalue weighted by Crippen LogP contribution is -2.63. The molecule has 8 aromatic rings. The van der Waals surface area contributed by atoms with Gasteiger partial charge in [-0.2, -0.15) is 0 Å². The van der Waals surface area contributed by atoms with E-state index >= 15 is 4.79 Å². The van der Waals surface area contributed by atoms with Crippen LogP contribution in [-0.2, 0) is 47.4 Å². The maximum atomic E-state index is 15.1. The van der Waals surface area contributed by atoms with Gasteiger partial charge < -0.3 is 180 Å². The third kappa shape index (κ3) is 14.4. The minimum atomic E-state index is -2.91. The molecule has 44 heteroatoms. The average Bonchev–Trinajstić information content (AvgIpc) is 0.764. The molecule has 10 atom stereocenters. The highest BCUT2D eigenvalue weighted by molar-refractivity contribution is 6.09. The second-order valence-corrected chi connectivity index (χ2v) is 23.9. The van der Waals surface area contributed by atoms with Gasteiger partial charge in [-0.05, 0) is 72.8 Å². The van der Waals surface area contributed by atoms with E-state index in [-0.39, 0.29) is 12.1 Å². The Kier molecular flexibility index (Phi) is 20.6. The van der Waals surface area contributed by atoms with E-state index in [0.29, 0.717) is 66.7 Å². The molecule has 588 valence electrons. The number of benzene rings is 8. The van der Waals surface area contributed by atoms with E-state index in [2.05, 4.69) is 0 Å². The summed E-state index contributed by atoms with van der Waals surface area (Å²) in [6, 6.07) is 5.25. The molecule has 25 N–H and O–H groups in total. The normalized spacial score (nSPS) is 19.9. The molecular weight excluding hydrogens is 1520 g/mol. The molecule has 2 fully saturated rings. The van der Waals surface area contributed by atoms with Crippen LogP contribution in [0.25, 0.3) is 11.1 Å². The Balaban J connectivity index is 0.997. The topological polar surface area (TPSA) is 744 Å². The van der Waals surface area contributed by atoms with Crippen LogP contribution in [0.3, 0.4) is 0 Å². The lowest BCUT2D eigenvalue weighted by molar-refractivity contribution is -0.283. The van der Waals surface area contributed by atoms with Crippen molar-refractivity contribution < 1.29 is 218 Å².